The van der Waals surface area contributed by atoms with E-state index < -0.39 is 6.04 Å². The van der Waals surface area contributed by atoms with Gasteiger partial charge in [0.05, 0.1) is 6.04 Å². The molecule has 3 heteroatoms. The topological polar surface area (TPSA) is 46.3 Å². The average Bonchev–Trinajstić information content (AvgIpc) is 2.29. The molecule has 3 nitrogen and oxygen atoms in total. The maximum atomic E-state index is 12.3. The van der Waals surface area contributed by atoms with Gasteiger partial charge in [0.1, 0.15) is 0 Å². The normalized spacial score (nSPS) is 12.6. The molecule has 1 unspecified atom stereocenters. The van der Waals surface area contributed by atoms with Crippen LogP contribution in [0.3, 0.4) is 0 Å². The highest BCUT2D eigenvalue weighted by Crippen LogP contribution is 2.17. The zero-order valence-corrected chi connectivity index (χ0v) is 11.8. The van der Waals surface area contributed by atoms with Gasteiger partial charge in [-0.15, -0.1) is 0 Å². The summed E-state index contributed by atoms with van der Waals surface area (Å²) in [7, 11) is 0. The smallest absolute Gasteiger partial charge is 0.243 e. The molecule has 0 saturated heterocycles. The van der Waals surface area contributed by atoms with Gasteiger partial charge in [-0.1, -0.05) is 26.0 Å². The third-order valence-corrected chi connectivity index (χ3v) is 2.94. The zero-order chi connectivity index (χ0) is 13.7. The van der Waals surface area contributed by atoms with Crippen molar-refractivity contribution in [3.8, 4) is 0 Å². The fourth-order valence-electron chi connectivity index (χ4n) is 2.07. The van der Waals surface area contributed by atoms with Crippen molar-refractivity contribution in [1.29, 1.82) is 0 Å². The van der Waals surface area contributed by atoms with E-state index in [1.807, 2.05) is 38.1 Å². The summed E-state index contributed by atoms with van der Waals surface area (Å²) < 4.78 is 0. The maximum Gasteiger partial charge on any atom is 0.243 e. The summed E-state index contributed by atoms with van der Waals surface area (Å²) in [6, 6.07) is 7.55. The van der Waals surface area contributed by atoms with Crippen LogP contribution in [0.4, 0.5) is 5.69 Å². The molecule has 0 aliphatic heterocycles. The van der Waals surface area contributed by atoms with Crippen molar-refractivity contribution in [3.05, 3.63) is 29.8 Å². The second-order valence-corrected chi connectivity index (χ2v) is 5.16. The van der Waals surface area contributed by atoms with Gasteiger partial charge < -0.3 is 10.6 Å². The molecule has 0 aromatic heterocycles. The minimum Gasteiger partial charge on any atom is -0.320 e. The molecular weight excluding hydrogens is 224 g/mol. The molecule has 0 fully saturated rings. The van der Waals surface area contributed by atoms with Crippen molar-refractivity contribution < 1.29 is 4.79 Å². The van der Waals surface area contributed by atoms with Crippen LogP contribution in [0.5, 0.6) is 0 Å². The first-order valence-corrected chi connectivity index (χ1v) is 6.59. The van der Waals surface area contributed by atoms with Crippen molar-refractivity contribution in [2.24, 2.45) is 11.7 Å². The first-order valence-electron chi connectivity index (χ1n) is 6.59. The van der Waals surface area contributed by atoms with Crippen LogP contribution in [0.2, 0.25) is 0 Å². The van der Waals surface area contributed by atoms with Crippen LogP contribution in [0.1, 0.15) is 32.8 Å². The van der Waals surface area contributed by atoms with Gasteiger partial charge in [0.2, 0.25) is 5.91 Å². The molecule has 1 rings (SSSR count). The average molecular weight is 248 g/mol. The predicted octanol–water partition coefficient (Wildman–Crippen LogP) is 2.72. The maximum absolute atomic E-state index is 12.3. The van der Waals surface area contributed by atoms with E-state index in [9.17, 15) is 4.79 Å². The molecule has 1 atom stereocenters. The number of hydrogen-bond acceptors (Lipinski definition) is 2. The Morgan fingerprint density at radius 2 is 2.06 bits per heavy atom. The number of hydrogen-bond donors (Lipinski definition) is 1. The summed E-state index contributed by atoms with van der Waals surface area (Å²) >= 11 is 0. The van der Waals surface area contributed by atoms with Crippen LogP contribution >= 0.6 is 0 Å². The minimum atomic E-state index is -0.412. The Hall–Kier alpha value is -1.35. The highest BCUT2D eigenvalue weighted by molar-refractivity contribution is 5.97. The Morgan fingerprint density at radius 1 is 1.39 bits per heavy atom. The van der Waals surface area contributed by atoms with Gasteiger partial charge in [0.15, 0.2) is 0 Å². The van der Waals surface area contributed by atoms with E-state index in [0.29, 0.717) is 12.5 Å². The summed E-state index contributed by atoms with van der Waals surface area (Å²) in [4.78, 5) is 14.1. The number of nitrogens with two attached hydrogens (primary N) is 1. The van der Waals surface area contributed by atoms with Crippen molar-refractivity contribution in [2.45, 2.75) is 40.2 Å². The van der Waals surface area contributed by atoms with Crippen molar-refractivity contribution in [1.82, 2.24) is 0 Å². The van der Waals surface area contributed by atoms with Crippen LogP contribution in [0.15, 0.2) is 24.3 Å². The molecule has 18 heavy (non-hydrogen) atoms. The van der Waals surface area contributed by atoms with Gasteiger partial charge in [-0.05, 0) is 43.9 Å². The summed E-state index contributed by atoms with van der Waals surface area (Å²) in [5, 5.41) is 0. The lowest BCUT2D eigenvalue weighted by atomic mass is 10.0. The standard InChI is InChI=1S/C15H24N2O/c1-5-17(13-8-6-7-12(4)10-13)15(18)14(16)9-11(2)3/h6-8,10-11,14H,5,9,16H2,1-4H3. The Labute approximate surface area is 110 Å². The van der Waals surface area contributed by atoms with E-state index in [4.69, 9.17) is 5.73 Å². The lowest BCUT2D eigenvalue weighted by Gasteiger charge is -2.25. The number of anilines is 1. The van der Waals surface area contributed by atoms with Gasteiger partial charge in [0.25, 0.3) is 0 Å². The summed E-state index contributed by atoms with van der Waals surface area (Å²) in [6.45, 7) is 8.80. The monoisotopic (exact) mass is 248 g/mol. The Balaban J connectivity index is 2.86. The summed E-state index contributed by atoms with van der Waals surface area (Å²) in [6.07, 6.45) is 0.723. The van der Waals surface area contributed by atoms with Crippen LogP contribution in [-0.2, 0) is 4.79 Å². The molecule has 2 N–H and O–H groups in total. The van der Waals surface area contributed by atoms with E-state index in [0.717, 1.165) is 17.7 Å². The van der Waals surface area contributed by atoms with E-state index in [1.54, 1.807) is 4.90 Å². The molecule has 0 radical (unpaired) electrons. The number of nitrogens with zero attached hydrogens (tertiary/aromatic N) is 1. The second-order valence-electron chi connectivity index (χ2n) is 5.16. The van der Waals surface area contributed by atoms with E-state index in [2.05, 4.69) is 13.8 Å². The SMILES string of the molecule is CCN(C(=O)C(N)CC(C)C)c1cccc(C)c1. The summed E-state index contributed by atoms with van der Waals surface area (Å²) in [5.74, 6) is 0.442. The first-order chi connectivity index (χ1) is 8.45. The number of carbonyl (C=O) groups is 1. The lowest BCUT2D eigenvalue weighted by Crippen LogP contribution is -2.44. The number of rotatable bonds is 5. The van der Waals surface area contributed by atoms with Gasteiger partial charge in [-0.3, -0.25) is 4.79 Å². The minimum absolute atomic E-state index is 0.0109. The molecule has 1 aromatic carbocycles. The number of aryl methyl sites for hydroxylation is 1. The van der Waals surface area contributed by atoms with E-state index in [1.165, 1.54) is 0 Å². The molecule has 0 spiro atoms. The van der Waals surface area contributed by atoms with Crippen LogP contribution in [0.25, 0.3) is 0 Å². The van der Waals surface area contributed by atoms with Crippen LogP contribution in [0, 0.1) is 12.8 Å². The molecule has 0 aliphatic rings. The second kappa shape index (κ2) is 6.55. The largest absolute Gasteiger partial charge is 0.320 e. The quantitative estimate of drug-likeness (QED) is 0.871. The van der Waals surface area contributed by atoms with Gasteiger partial charge in [-0.2, -0.15) is 0 Å². The first kappa shape index (κ1) is 14.7. The molecule has 0 bridgehead atoms. The lowest BCUT2D eigenvalue weighted by molar-refractivity contribution is -0.120. The number of benzene rings is 1. The molecule has 0 aliphatic carbocycles. The highest BCUT2D eigenvalue weighted by atomic mass is 16.2. The van der Waals surface area contributed by atoms with Crippen LogP contribution in [-0.4, -0.2) is 18.5 Å². The van der Waals surface area contributed by atoms with Crippen molar-refractivity contribution in [3.63, 3.8) is 0 Å². The summed E-state index contributed by atoms with van der Waals surface area (Å²) in [5.41, 5.74) is 8.06. The Morgan fingerprint density at radius 3 is 2.56 bits per heavy atom. The predicted molar refractivity (Wildman–Crippen MR) is 76.6 cm³/mol. The molecule has 1 amide bonds. The fraction of sp³-hybridized carbons (Fsp3) is 0.533. The Kier molecular flexibility index (Phi) is 5.35. The van der Waals surface area contributed by atoms with Crippen molar-refractivity contribution >= 4 is 11.6 Å². The highest BCUT2D eigenvalue weighted by Gasteiger charge is 2.21. The molecule has 0 heterocycles. The van der Waals surface area contributed by atoms with Gasteiger partial charge >= 0.3 is 0 Å². The zero-order valence-electron chi connectivity index (χ0n) is 11.8. The molecule has 1 aromatic rings. The molecular formula is C15H24N2O. The Bertz CT molecular complexity index is 401. The molecule has 100 valence electrons. The molecule has 0 saturated carbocycles. The van der Waals surface area contributed by atoms with Gasteiger partial charge in [0, 0.05) is 12.2 Å². The number of carbonyl (C=O) groups excluding carboxylic acids is 1. The fourth-order valence-corrected chi connectivity index (χ4v) is 2.07. The van der Waals surface area contributed by atoms with Crippen LogP contribution < -0.4 is 10.6 Å². The third kappa shape index (κ3) is 3.84. The number of likely N-dealkylation sites (N-methyl/N-ethyl adjacent to an activating group) is 1. The van der Waals surface area contributed by atoms with Gasteiger partial charge in [-0.25, -0.2) is 0 Å². The van der Waals surface area contributed by atoms with E-state index in [-0.39, 0.29) is 5.91 Å². The van der Waals surface area contributed by atoms with E-state index >= 15 is 0 Å². The van der Waals surface area contributed by atoms with Crippen molar-refractivity contribution in [2.75, 3.05) is 11.4 Å². The third-order valence-electron chi connectivity index (χ3n) is 2.94. The number of amides is 1.